The van der Waals surface area contributed by atoms with Gasteiger partial charge in [-0.1, -0.05) is 0 Å². The van der Waals surface area contributed by atoms with Gasteiger partial charge in [-0.15, -0.1) is 0 Å². The largest absolute Gasteiger partial charge is 0.493 e. The number of carbonyl (C=O) groups excluding carboxylic acids is 1. The summed E-state index contributed by atoms with van der Waals surface area (Å²) in [6.45, 7) is 4.20. The number of hydrogen-bond donors (Lipinski definition) is 0. The molecular formula is C19H26N4O3. The van der Waals surface area contributed by atoms with Crippen LogP contribution in [0.5, 0.6) is 11.5 Å². The van der Waals surface area contributed by atoms with Crippen molar-refractivity contribution in [2.24, 2.45) is 0 Å². The first-order valence-electron chi connectivity index (χ1n) is 8.81. The van der Waals surface area contributed by atoms with E-state index in [0.29, 0.717) is 18.0 Å². The van der Waals surface area contributed by atoms with Crippen molar-refractivity contribution < 1.29 is 14.3 Å². The summed E-state index contributed by atoms with van der Waals surface area (Å²) in [6.07, 6.45) is 6.53. The second kappa shape index (κ2) is 8.23. The number of hydrogen-bond acceptors (Lipinski definition) is 5. The average Bonchev–Trinajstić information content (AvgIpc) is 3.27. The molecule has 0 atom stereocenters. The van der Waals surface area contributed by atoms with Gasteiger partial charge in [0, 0.05) is 44.1 Å². The highest BCUT2D eigenvalue weighted by molar-refractivity contribution is 5.99. The minimum absolute atomic E-state index is 0.0713. The quantitative estimate of drug-likeness (QED) is 0.685. The zero-order valence-electron chi connectivity index (χ0n) is 15.6. The Morgan fingerprint density at radius 3 is 2.62 bits per heavy atom. The lowest BCUT2D eigenvalue weighted by molar-refractivity contribution is 0.0772. The average molecular weight is 358 g/mol. The van der Waals surface area contributed by atoms with Crippen molar-refractivity contribution in [1.29, 1.82) is 0 Å². The molecule has 26 heavy (non-hydrogen) atoms. The number of likely N-dealkylation sites (N-methyl/N-ethyl adjacent to an activating group) is 1. The van der Waals surface area contributed by atoms with E-state index in [2.05, 4.69) is 21.5 Å². The molecule has 1 aromatic heterocycles. The van der Waals surface area contributed by atoms with Gasteiger partial charge in [-0.05, 0) is 37.7 Å². The molecule has 2 aromatic rings. The van der Waals surface area contributed by atoms with Crippen molar-refractivity contribution in [2.75, 3.05) is 40.9 Å². The standard InChI is InChI=1S/C19H26N4O3/c1-21(9-10-22-8-5-20-14-22)6-4-7-23-13-15-11-17(25-2)18(26-3)12-16(15)19(23)24/h5,8,11-12,14H,4,6-7,9-10,13H2,1-3H3. The monoisotopic (exact) mass is 358 g/mol. The van der Waals surface area contributed by atoms with E-state index < -0.39 is 0 Å². The Morgan fingerprint density at radius 1 is 1.15 bits per heavy atom. The van der Waals surface area contributed by atoms with Crippen LogP contribution < -0.4 is 9.47 Å². The lowest BCUT2D eigenvalue weighted by Gasteiger charge is -2.20. The van der Waals surface area contributed by atoms with Crippen LogP contribution in [0.15, 0.2) is 30.9 Å². The molecule has 0 saturated carbocycles. The normalized spacial score (nSPS) is 13.4. The van der Waals surface area contributed by atoms with Gasteiger partial charge in [0.05, 0.1) is 20.5 Å². The van der Waals surface area contributed by atoms with Crippen molar-refractivity contribution in [2.45, 2.75) is 19.5 Å². The van der Waals surface area contributed by atoms with E-state index in [0.717, 1.165) is 43.7 Å². The van der Waals surface area contributed by atoms with Crippen molar-refractivity contribution >= 4 is 5.91 Å². The van der Waals surface area contributed by atoms with Crippen molar-refractivity contribution in [3.63, 3.8) is 0 Å². The maximum absolute atomic E-state index is 12.6. The topological polar surface area (TPSA) is 59.8 Å². The van der Waals surface area contributed by atoms with Gasteiger partial charge in [-0.25, -0.2) is 4.98 Å². The molecule has 0 unspecified atom stereocenters. The second-order valence-electron chi connectivity index (χ2n) is 6.55. The number of nitrogens with zero attached hydrogens (tertiary/aromatic N) is 4. The molecule has 0 bridgehead atoms. The van der Waals surface area contributed by atoms with Crippen LogP contribution >= 0.6 is 0 Å². The zero-order chi connectivity index (χ0) is 18.5. The molecular weight excluding hydrogens is 332 g/mol. The van der Waals surface area contributed by atoms with Crippen LogP contribution in [0.3, 0.4) is 0 Å². The minimum atomic E-state index is 0.0713. The number of rotatable bonds is 9. The van der Waals surface area contributed by atoms with Gasteiger partial charge in [-0.3, -0.25) is 4.79 Å². The highest BCUT2D eigenvalue weighted by Crippen LogP contribution is 2.34. The molecule has 0 spiro atoms. The predicted molar refractivity (Wildman–Crippen MR) is 98.6 cm³/mol. The number of ether oxygens (including phenoxy) is 2. The number of benzene rings is 1. The van der Waals surface area contributed by atoms with Crippen LogP contribution in [0, 0.1) is 0 Å². The van der Waals surface area contributed by atoms with Crippen molar-refractivity contribution in [3.05, 3.63) is 42.0 Å². The Bertz CT molecular complexity index is 745. The second-order valence-corrected chi connectivity index (χ2v) is 6.55. The first kappa shape index (κ1) is 18.3. The zero-order valence-corrected chi connectivity index (χ0v) is 15.6. The third-order valence-corrected chi connectivity index (χ3v) is 4.76. The van der Waals surface area contributed by atoms with Crippen LogP contribution in [-0.2, 0) is 13.1 Å². The van der Waals surface area contributed by atoms with Crippen molar-refractivity contribution in [1.82, 2.24) is 19.4 Å². The molecule has 1 aromatic carbocycles. The summed E-state index contributed by atoms with van der Waals surface area (Å²) in [5.74, 6) is 1.34. The fourth-order valence-corrected chi connectivity index (χ4v) is 3.23. The summed E-state index contributed by atoms with van der Waals surface area (Å²) in [7, 11) is 5.30. The van der Waals surface area contributed by atoms with Gasteiger partial charge in [0.2, 0.25) is 0 Å². The highest BCUT2D eigenvalue weighted by Gasteiger charge is 2.29. The Morgan fingerprint density at radius 2 is 1.92 bits per heavy atom. The number of methoxy groups -OCH3 is 2. The molecule has 2 heterocycles. The summed E-state index contributed by atoms with van der Waals surface area (Å²) in [5.41, 5.74) is 1.72. The lowest BCUT2D eigenvalue weighted by atomic mass is 10.1. The Balaban J connectivity index is 1.49. The van der Waals surface area contributed by atoms with Crippen LogP contribution in [0.1, 0.15) is 22.3 Å². The summed E-state index contributed by atoms with van der Waals surface area (Å²) < 4.78 is 12.7. The maximum atomic E-state index is 12.6. The molecule has 3 rings (SSSR count). The van der Waals surface area contributed by atoms with Gasteiger partial charge in [0.1, 0.15) is 0 Å². The SMILES string of the molecule is COc1cc2c(cc1OC)C(=O)N(CCCN(C)CCn1ccnc1)C2. The molecule has 7 heteroatoms. The molecule has 0 aliphatic carbocycles. The lowest BCUT2D eigenvalue weighted by Crippen LogP contribution is -2.30. The molecule has 7 nitrogen and oxygen atoms in total. The number of amides is 1. The highest BCUT2D eigenvalue weighted by atomic mass is 16.5. The first-order valence-corrected chi connectivity index (χ1v) is 8.81. The molecule has 140 valence electrons. The smallest absolute Gasteiger partial charge is 0.254 e. The van der Waals surface area contributed by atoms with Crippen LogP contribution in [0.2, 0.25) is 0 Å². The third kappa shape index (κ3) is 3.99. The Labute approximate surface area is 154 Å². The number of fused-ring (bicyclic) bond motifs is 1. The van der Waals surface area contributed by atoms with Crippen LogP contribution in [-0.4, -0.2) is 66.2 Å². The Kier molecular flexibility index (Phi) is 5.78. The predicted octanol–water partition coefficient (Wildman–Crippen LogP) is 1.88. The van der Waals surface area contributed by atoms with Gasteiger partial charge in [0.15, 0.2) is 11.5 Å². The van der Waals surface area contributed by atoms with E-state index in [1.165, 1.54) is 0 Å². The van der Waals surface area contributed by atoms with Gasteiger partial charge >= 0.3 is 0 Å². The van der Waals surface area contributed by atoms with Gasteiger partial charge in [-0.2, -0.15) is 0 Å². The van der Waals surface area contributed by atoms with E-state index in [4.69, 9.17) is 9.47 Å². The minimum Gasteiger partial charge on any atom is -0.493 e. The summed E-state index contributed by atoms with van der Waals surface area (Å²) in [4.78, 5) is 20.9. The first-order chi connectivity index (χ1) is 12.6. The molecule has 0 radical (unpaired) electrons. The van der Waals surface area contributed by atoms with E-state index in [1.807, 2.05) is 23.5 Å². The molecule has 0 N–H and O–H groups in total. The van der Waals surface area contributed by atoms with Crippen molar-refractivity contribution in [3.8, 4) is 11.5 Å². The molecule has 1 aliphatic rings. The van der Waals surface area contributed by atoms with E-state index in [-0.39, 0.29) is 5.91 Å². The van der Waals surface area contributed by atoms with Crippen LogP contribution in [0.25, 0.3) is 0 Å². The van der Waals surface area contributed by atoms with Gasteiger partial charge in [0.25, 0.3) is 5.91 Å². The molecule has 1 aliphatic heterocycles. The Hall–Kier alpha value is -2.54. The number of aromatic nitrogens is 2. The maximum Gasteiger partial charge on any atom is 0.254 e. The molecule has 1 amide bonds. The van der Waals surface area contributed by atoms with E-state index in [1.54, 1.807) is 26.5 Å². The van der Waals surface area contributed by atoms with E-state index in [9.17, 15) is 4.79 Å². The summed E-state index contributed by atoms with van der Waals surface area (Å²) in [5, 5.41) is 0. The summed E-state index contributed by atoms with van der Waals surface area (Å²) in [6, 6.07) is 3.69. The fourth-order valence-electron chi connectivity index (χ4n) is 3.23. The third-order valence-electron chi connectivity index (χ3n) is 4.76. The molecule has 0 saturated heterocycles. The fraction of sp³-hybridized carbons (Fsp3) is 0.474. The number of imidazole rings is 1. The van der Waals surface area contributed by atoms with Gasteiger partial charge < -0.3 is 23.8 Å². The number of carbonyl (C=O) groups is 1. The van der Waals surface area contributed by atoms with Crippen LogP contribution in [0.4, 0.5) is 0 Å². The molecule has 0 fully saturated rings. The summed E-state index contributed by atoms with van der Waals surface area (Å²) >= 11 is 0. The van der Waals surface area contributed by atoms with E-state index >= 15 is 0 Å².